The molecule has 2 atom stereocenters. The Bertz CT molecular complexity index is 1830. The number of nitrogens with one attached hydrogen (secondary N) is 2. The second-order valence-corrected chi connectivity index (χ2v) is 14.6. The Morgan fingerprint density at radius 1 is 0.538 bits per heavy atom. The average molecular weight is 707 g/mol. The maximum Gasteiger partial charge on any atom is 0.410 e. The van der Waals surface area contributed by atoms with Crippen LogP contribution in [-0.2, 0) is 53.4 Å². The van der Waals surface area contributed by atoms with E-state index in [0.29, 0.717) is 11.4 Å². The lowest BCUT2D eigenvalue weighted by molar-refractivity contribution is -0.409. The highest BCUT2D eigenvalue weighted by molar-refractivity contribution is 6.09. The van der Waals surface area contributed by atoms with Gasteiger partial charge in [-0.05, 0) is 64.8 Å². The van der Waals surface area contributed by atoms with E-state index in [4.69, 9.17) is 19.2 Å². The van der Waals surface area contributed by atoms with Crippen LogP contribution in [0.25, 0.3) is 0 Å². The number of anilines is 2. The summed E-state index contributed by atoms with van der Waals surface area (Å²) in [6, 6.07) is 32.1. The number of carbonyl (C=O) groups is 4. The van der Waals surface area contributed by atoms with Crippen LogP contribution in [0.1, 0.15) is 63.8 Å². The zero-order valence-electron chi connectivity index (χ0n) is 30.0. The molecule has 0 radical (unpaired) electrons. The number of hydrogen-bond acceptors (Lipinski definition) is 8. The van der Waals surface area contributed by atoms with Gasteiger partial charge in [-0.2, -0.15) is 9.78 Å². The summed E-state index contributed by atoms with van der Waals surface area (Å²) < 4.78 is 11.2. The lowest BCUT2D eigenvalue weighted by atomic mass is 10.0. The van der Waals surface area contributed by atoms with E-state index in [1.807, 2.05) is 60.7 Å². The number of rotatable bonds is 9. The van der Waals surface area contributed by atoms with Crippen LogP contribution in [0.3, 0.4) is 0 Å². The fourth-order valence-corrected chi connectivity index (χ4v) is 6.15. The van der Waals surface area contributed by atoms with Crippen molar-refractivity contribution in [2.45, 2.75) is 77.3 Å². The molecule has 0 saturated heterocycles. The van der Waals surface area contributed by atoms with Gasteiger partial charge in [-0.1, -0.05) is 97.1 Å². The van der Waals surface area contributed by atoms with Crippen LogP contribution in [0.2, 0.25) is 0 Å². The van der Waals surface area contributed by atoms with Crippen molar-refractivity contribution in [2.75, 3.05) is 9.80 Å². The standard InChI is InChI=1S/C40H42N4O8/c1-37(2,3)49-35(47)41-39(29-21-13-15-23-31(29)43(33(39)45)25-27-17-9-7-10-18-27)51-52-40(42-36(48)50-38(4,5)6)30-22-14-16-24-32(30)44(34(40)46)26-28-19-11-8-12-20-28/h7-24H,25-26H2,1-6H3,(H,41,47)(H,42,48). The van der Waals surface area contributed by atoms with Gasteiger partial charge in [0, 0.05) is 11.1 Å². The van der Waals surface area contributed by atoms with Crippen molar-refractivity contribution < 1.29 is 38.4 Å². The lowest BCUT2D eigenvalue weighted by Gasteiger charge is -2.35. The van der Waals surface area contributed by atoms with Gasteiger partial charge in [0.25, 0.3) is 23.3 Å². The van der Waals surface area contributed by atoms with Crippen molar-refractivity contribution in [3.8, 4) is 0 Å². The number of nitrogens with zero attached hydrogens (tertiary/aromatic N) is 2. The first-order valence-corrected chi connectivity index (χ1v) is 16.9. The van der Waals surface area contributed by atoms with Crippen LogP contribution in [0.15, 0.2) is 109 Å². The van der Waals surface area contributed by atoms with Crippen LogP contribution in [-0.4, -0.2) is 35.2 Å². The van der Waals surface area contributed by atoms with E-state index in [-0.39, 0.29) is 24.2 Å². The zero-order chi connectivity index (χ0) is 37.3. The number of amides is 4. The van der Waals surface area contributed by atoms with Gasteiger partial charge in [0.1, 0.15) is 11.2 Å². The molecule has 270 valence electrons. The Labute approximate surface area is 302 Å². The molecule has 4 aromatic rings. The van der Waals surface area contributed by atoms with Crippen molar-refractivity contribution >= 4 is 35.4 Å². The highest BCUT2D eigenvalue weighted by atomic mass is 17.2. The Kier molecular flexibility index (Phi) is 9.56. The van der Waals surface area contributed by atoms with Crippen LogP contribution >= 0.6 is 0 Å². The average Bonchev–Trinajstić information content (AvgIpc) is 3.44. The molecule has 2 unspecified atom stereocenters. The third-order valence-electron chi connectivity index (χ3n) is 8.25. The maximum absolute atomic E-state index is 14.8. The van der Waals surface area contributed by atoms with Crippen molar-refractivity contribution in [1.82, 2.24) is 10.6 Å². The molecule has 0 aliphatic carbocycles. The molecular formula is C40H42N4O8. The Morgan fingerprint density at radius 2 is 0.865 bits per heavy atom. The molecule has 0 aromatic heterocycles. The fourth-order valence-electron chi connectivity index (χ4n) is 6.15. The summed E-state index contributed by atoms with van der Waals surface area (Å²) >= 11 is 0. The first kappa shape index (κ1) is 36.1. The molecule has 0 bridgehead atoms. The number of ether oxygens (including phenoxy) is 2. The Hall–Kier alpha value is -5.72. The number of benzene rings is 4. The summed E-state index contributed by atoms with van der Waals surface area (Å²) in [6.45, 7) is 10.3. The topological polar surface area (TPSA) is 136 Å². The zero-order valence-corrected chi connectivity index (χ0v) is 30.0. The molecule has 0 fully saturated rings. The van der Waals surface area contributed by atoms with Crippen molar-refractivity contribution in [3.63, 3.8) is 0 Å². The van der Waals surface area contributed by atoms with Gasteiger partial charge in [0.2, 0.25) is 0 Å². The molecule has 2 aliphatic rings. The van der Waals surface area contributed by atoms with E-state index in [0.717, 1.165) is 11.1 Å². The van der Waals surface area contributed by atoms with E-state index >= 15 is 0 Å². The van der Waals surface area contributed by atoms with Crippen molar-refractivity contribution in [3.05, 3.63) is 131 Å². The van der Waals surface area contributed by atoms with Crippen LogP contribution in [0.5, 0.6) is 0 Å². The van der Waals surface area contributed by atoms with Crippen LogP contribution < -0.4 is 20.4 Å². The first-order valence-electron chi connectivity index (χ1n) is 16.9. The molecule has 0 spiro atoms. The predicted octanol–water partition coefficient (Wildman–Crippen LogP) is 6.78. The van der Waals surface area contributed by atoms with Gasteiger partial charge in [0.15, 0.2) is 0 Å². The Balaban J connectivity index is 1.46. The summed E-state index contributed by atoms with van der Waals surface area (Å²) in [6.07, 6.45) is -1.97. The molecule has 12 nitrogen and oxygen atoms in total. The summed E-state index contributed by atoms with van der Waals surface area (Å²) in [5, 5.41) is 5.25. The number of fused-ring (bicyclic) bond motifs is 2. The molecule has 4 amide bonds. The van der Waals surface area contributed by atoms with Gasteiger partial charge in [0.05, 0.1) is 24.5 Å². The van der Waals surface area contributed by atoms with Gasteiger partial charge >= 0.3 is 12.2 Å². The van der Waals surface area contributed by atoms with Crippen LogP contribution in [0, 0.1) is 0 Å². The summed E-state index contributed by atoms with van der Waals surface area (Å²) in [7, 11) is 0. The monoisotopic (exact) mass is 706 g/mol. The second kappa shape index (κ2) is 13.8. The smallest absolute Gasteiger partial charge is 0.410 e. The minimum Gasteiger partial charge on any atom is -0.444 e. The van der Waals surface area contributed by atoms with E-state index < -0.39 is 46.7 Å². The first-order chi connectivity index (χ1) is 24.6. The van der Waals surface area contributed by atoms with Crippen LogP contribution in [0.4, 0.5) is 21.0 Å². The molecule has 12 heteroatoms. The minimum atomic E-state index is -2.38. The highest BCUT2D eigenvalue weighted by Crippen LogP contribution is 2.47. The predicted molar refractivity (Wildman–Crippen MR) is 192 cm³/mol. The summed E-state index contributed by atoms with van der Waals surface area (Å²) in [5.41, 5.74) is -3.76. The fraction of sp³-hybridized carbons (Fsp3) is 0.300. The van der Waals surface area contributed by atoms with Crippen molar-refractivity contribution in [2.24, 2.45) is 0 Å². The van der Waals surface area contributed by atoms with Gasteiger partial charge < -0.3 is 19.3 Å². The van der Waals surface area contributed by atoms with E-state index in [2.05, 4.69) is 10.6 Å². The van der Waals surface area contributed by atoms with Gasteiger partial charge in [-0.25, -0.2) is 9.59 Å². The highest BCUT2D eigenvalue weighted by Gasteiger charge is 2.61. The number of alkyl carbamates (subject to hydrolysis) is 2. The molecule has 4 aromatic carbocycles. The molecule has 2 aliphatic heterocycles. The molecular weight excluding hydrogens is 664 g/mol. The third kappa shape index (κ3) is 7.21. The lowest BCUT2D eigenvalue weighted by Crippen LogP contribution is -2.60. The van der Waals surface area contributed by atoms with Gasteiger partial charge in [-0.3, -0.25) is 20.2 Å². The molecule has 0 saturated carbocycles. The number of carbonyl (C=O) groups excluding carboxylic acids is 4. The summed E-state index contributed by atoms with van der Waals surface area (Å²) in [5.74, 6) is -1.45. The maximum atomic E-state index is 14.8. The van der Waals surface area contributed by atoms with E-state index in [1.165, 1.54) is 9.80 Å². The number of para-hydroxylation sites is 2. The molecule has 6 rings (SSSR count). The van der Waals surface area contributed by atoms with Gasteiger partial charge in [-0.15, -0.1) is 0 Å². The second-order valence-electron chi connectivity index (χ2n) is 14.6. The Morgan fingerprint density at radius 3 is 1.21 bits per heavy atom. The van der Waals surface area contributed by atoms with E-state index in [1.54, 1.807) is 90.1 Å². The number of hydrogen-bond donors (Lipinski definition) is 2. The quantitative estimate of drug-likeness (QED) is 0.110. The normalized spacial score (nSPS) is 19.6. The summed E-state index contributed by atoms with van der Waals surface area (Å²) in [4.78, 5) is 72.0. The SMILES string of the molecule is CC(C)(C)OC(=O)NC1(OOC2(NC(=O)OC(C)(C)C)C(=O)N(Cc3ccccc3)c3ccccc32)C(=O)N(Cc2ccccc2)c2ccccc21. The molecule has 2 N–H and O–H groups in total. The van der Waals surface area contributed by atoms with E-state index in [9.17, 15) is 19.2 Å². The molecule has 2 heterocycles. The van der Waals surface area contributed by atoms with Crippen molar-refractivity contribution in [1.29, 1.82) is 0 Å². The largest absolute Gasteiger partial charge is 0.444 e. The minimum absolute atomic E-state index is 0.117. The third-order valence-corrected chi connectivity index (χ3v) is 8.25. The molecule has 52 heavy (non-hydrogen) atoms.